The van der Waals surface area contributed by atoms with Gasteiger partial charge in [-0.15, -0.1) is 0 Å². The van der Waals surface area contributed by atoms with Gasteiger partial charge in [0.1, 0.15) is 0 Å². The first-order valence-electron chi connectivity index (χ1n) is 8.47. The second-order valence-corrected chi connectivity index (χ2v) is 8.17. The summed E-state index contributed by atoms with van der Waals surface area (Å²) in [5.41, 5.74) is 1.89. The molecule has 0 aliphatic rings. The number of carboxylic acid groups (broad SMARTS) is 2. The van der Waals surface area contributed by atoms with Crippen molar-refractivity contribution in [2.24, 2.45) is 0 Å². The van der Waals surface area contributed by atoms with Gasteiger partial charge in [0.15, 0.2) is 0 Å². The van der Waals surface area contributed by atoms with Crippen molar-refractivity contribution in [3.05, 3.63) is 70.8 Å². The van der Waals surface area contributed by atoms with E-state index in [0.29, 0.717) is 0 Å². The van der Waals surface area contributed by atoms with Crippen molar-refractivity contribution in [3.8, 4) is 0 Å². The van der Waals surface area contributed by atoms with Gasteiger partial charge in [-0.3, -0.25) is 0 Å². The summed E-state index contributed by atoms with van der Waals surface area (Å²) < 4.78 is 0. The molecule has 0 aliphatic carbocycles. The summed E-state index contributed by atoms with van der Waals surface area (Å²) in [6, 6.07) is 13.9. The van der Waals surface area contributed by atoms with Crippen LogP contribution in [-0.2, 0) is 10.8 Å². The zero-order valence-corrected chi connectivity index (χ0v) is 21.4. The molecule has 0 bridgehead atoms. The summed E-state index contributed by atoms with van der Waals surface area (Å²) in [5.74, 6) is -2.21. The summed E-state index contributed by atoms with van der Waals surface area (Å²) in [5, 5.41) is 21.5. The Kier molecular flexibility index (Phi) is 10.1. The van der Waals surface area contributed by atoms with Crippen molar-refractivity contribution in [1.29, 1.82) is 0 Å². The normalized spacial score (nSPS) is 10.9. The smallest absolute Gasteiger partial charge is 0.545 e. The molecule has 5 heteroatoms. The molecule has 0 N–H and O–H groups in total. The maximum absolute atomic E-state index is 10.8. The van der Waals surface area contributed by atoms with Crippen LogP contribution in [0.15, 0.2) is 48.5 Å². The fourth-order valence-electron chi connectivity index (χ4n) is 2.63. The van der Waals surface area contributed by atoms with Crippen LogP contribution in [0.25, 0.3) is 0 Å². The van der Waals surface area contributed by atoms with Gasteiger partial charge in [-0.05, 0) is 22.0 Å². The van der Waals surface area contributed by atoms with Crippen molar-refractivity contribution >= 4 is 60.8 Å². The zero-order chi connectivity index (χ0) is 20.1. The number of carbonyl (C=O) groups is 2. The van der Waals surface area contributed by atoms with E-state index in [2.05, 4.69) is 0 Å². The van der Waals surface area contributed by atoms with Gasteiger partial charge in [0, 0.05) is 11.1 Å². The molecule has 0 fully saturated rings. The Balaban J connectivity index is 0.000000483. The molecule has 0 aliphatic heterocycles. The van der Waals surface area contributed by atoms with E-state index >= 15 is 0 Å². The van der Waals surface area contributed by atoms with E-state index in [4.69, 9.17) is 0 Å². The number of carboxylic acids is 2. The molecule has 4 nitrogen and oxygen atoms in total. The molecule has 0 aromatic heterocycles. The van der Waals surface area contributed by atoms with Crippen LogP contribution in [0.4, 0.5) is 0 Å². The number of benzene rings is 2. The Hall–Kier alpha value is -1.05. The van der Waals surface area contributed by atoms with Crippen molar-refractivity contribution in [2.45, 2.75) is 52.4 Å². The first-order valence-corrected chi connectivity index (χ1v) is 8.47. The Labute approximate surface area is 202 Å². The quantitative estimate of drug-likeness (QED) is 0.604. The summed E-state index contributed by atoms with van der Waals surface area (Å²) in [7, 11) is 0. The molecule has 0 atom stereocenters. The van der Waals surface area contributed by atoms with Gasteiger partial charge in [0.05, 0.1) is 11.9 Å². The number of carbonyl (C=O) groups excluding carboxylic acids is 2. The molecule has 0 heterocycles. The Morgan fingerprint density at radius 2 is 0.889 bits per heavy atom. The van der Waals surface area contributed by atoms with E-state index < -0.39 is 11.9 Å². The predicted molar refractivity (Wildman–Crippen MR) is 105 cm³/mol. The summed E-state index contributed by atoms with van der Waals surface area (Å²) >= 11 is 0. The third kappa shape index (κ3) is 7.84. The monoisotopic (exact) mass is 492 g/mol. The Bertz CT molecular complexity index is 716. The van der Waals surface area contributed by atoms with E-state index in [1.807, 2.05) is 65.8 Å². The van der Waals surface area contributed by atoms with Gasteiger partial charge in [0.2, 0.25) is 0 Å². The molecule has 140 valence electrons. The number of rotatable bonds is 2. The first kappa shape index (κ1) is 26.0. The summed E-state index contributed by atoms with van der Waals surface area (Å²) in [6.07, 6.45) is 0. The molecular weight excluding hydrogens is 466 g/mol. The minimum atomic E-state index is -1.11. The van der Waals surface area contributed by atoms with Crippen LogP contribution in [0, 0.1) is 0 Å². The van der Waals surface area contributed by atoms with Crippen molar-refractivity contribution < 1.29 is 19.8 Å². The second kappa shape index (κ2) is 10.5. The van der Waals surface area contributed by atoms with Crippen LogP contribution in [0.3, 0.4) is 0 Å². The molecule has 2 aromatic carbocycles. The predicted octanol–water partition coefficient (Wildman–Crippen LogP) is 2.31. The van der Waals surface area contributed by atoms with Crippen LogP contribution >= 0.6 is 0 Å². The van der Waals surface area contributed by atoms with Gasteiger partial charge in [-0.1, -0.05) is 90.1 Å². The minimum Gasteiger partial charge on any atom is -0.545 e. The van der Waals surface area contributed by atoms with Crippen molar-refractivity contribution in [2.75, 3.05) is 0 Å². The van der Waals surface area contributed by atoms with E-state index in [9.17, 15) is 19.8 Å². The molecule has 2 aromatic rings. The maximum atomic E-state index is 10.8. The Morgan fingerprint density at radius 3 is 1.07 bits per heavy atom. The third-order valence-electron chi connectivity index (χ3n) is 3.91. The molecule has 0 spiro atoms. The molecule has 0 saturated carbocycles. The van der Waals surface area contributed by atoms with Gasteiger partial charge < -0.3 is 19.8 Å². The van der Waals surface area contributed by atoms with Crippen LogP contribution in [0.1, 0.15) is 73.4 Å². The van der Waals surface area contributed by atoms with Crippen LogP contribution < -0.4 is 10.2 Å². The average molecular weight is 492 g/mol. The second-order valence-electron chi connectivity index (χ2n) is 8.17. The van der Waals surface area contributed by atoms with Crippen LogP contribution in [0.2, 0.25) is 0 Å². The van der Waals surface area contributed by atoms with Crippen molar-refractivity contribution in [1.82, 2.24) is 0 Å². The van der Waals surface area contributed by atoms with Crippen LogP contribution in [-0.4, -0.2) is 60.8 Å². The maximum Gasteiger partial charge on any atom is 2.00 e. The number of hydrogen-bond acceptors (Lipinski definition) is 4. The molecule has 0 unspecified atom stereocenters. The van der Waals surface area contributed by atoms with E-state index in [1.165, 1.54) is 0 Å². The fraction of sp³-hybridized carbons (Fsp3) is 0.364. The van der Waals surface area contributed by atoms with Crippen molar-refractivity contribution in [3.63, 3.8) is 0 Å². The molecule has 0 amide bonds. The van der Waals surface area contributed by atoms with Crippen LogP contribution in [0.5, 0.6) is 0 Å². The summed E-state index contributed by atoms with van der Waals surface area (Å²) in [6.45, 7) is 11.9. The number of hydrogen-bond donors (Lipinski definition) is 0. The van der Waals surface area contributed by atoms with Gasteiger partial charge in [0.25, 0.3) is 0 Å². The third-order valence-corrected chi connectivity index (χ3v) is 3.91. The van der Waals surface area contributed by atoms with E-state index in [0.717, 1.165) is 11.1 Å². The molecule has 0 radical (unpaired) electrons. The number of aromatic carboxylic acids is 2. The molecule has 27 heavy (non-hydrogen) atoms. The minimum absolute atomic E-state index is 0. The summed E-state index contributed by atoms with van der Waals surface area (Å²) in [4.78, 5) is 21.5. The zero-order valence-electron chi connectivity index (χ0n) is 17.0. The Morgan fingerprint density at radius 1 is 0.630 bits per heavy atom. The van der Waals surface area contributed by atoms with Gasteiger partial charge in [-0.2, -0.15) is 0 Å². The van der Waals surface area contributed by atoms with E-state index in [-0.39, 0.29) is 70.8 Å². The van der Waals surface area contributed by atoms with Gasteiger partial charge in [-0.25, -0.2) is 0 Å². The van der Waals surface area contributed by atoms with Gasteiger partial charge >= 0.3 is 48.9 Å². The SMILES string of the molecule is CC(C)(C)c1ccccc1C(=O)[O-].CC(C)(C)c1ccccc1C(=O)[O-].[Ba+2]. The standard InChI is InChI=1S/2C11H14O2.Ba/c2*1-11(2,3)9-7-5-4-6-8(9)10(12)13;/h2*4-7H,1-3H3,(H,12,13);/q;;+2/p-2. The fourth-order valence-corrected chi connectivity index (χ4v) is 2.63. The van der Waals surface area contributed by atoms with E-state index in [1.54, 1.807) is 24.3 Å². The molecule has 0 saturated heterocycles. The molecular formula is C22H26BaO4. The topological polar surface area (TPSA) is 80.3 Å². The average Bonchev–Trinajstić information content (AvgIpc) is 2.54. The molecule has 2 rings (SSSR count). The largest absolute Gasteiger partial charge is 2.00 e. The first-order chi connectivity index (χ1) is 11.9.